The van der Waals surface area contributed by atoms with Gasteiger partial charge >= 0.3 is 5.97 Å². The van der Waals surface area contributed by atoms with Crippen molar-refractivity contribution in [3.8, 4) is 0 Å². The number of nitrogens with zero attached hydrogens (tertiary/aromatic N) is 1. The highest BCUT2D eigenvalue weighted by molar-refractivity contribution is 5.78. The predicted molar refractivity (Wildman–Crippen MR) is 60.1 cm³/mol. The minimum atomic E-state index is -1.08. The average Bonchev–Trinajstić information content (AvgIpc) is 2.11. The quantitative estimate of drug-likeness (QED) is 0.687. The van der Waals surface area contributed by atoms with E-state index in [4.69, 9.17) is 9.84 Å². The molecule has 5 nitrogen and oxygen atoms in total. The van der Waals surface area contributed by atoms with E-state index in [1.165, 1.54) is 0 Å². The van der Waals surface area contributed by atoms with E-state index in [1.807, 2.05) is 20.8 Å². The molecule has 0 unspecified atom stereocenters. The first-order chi connectivity index (χ1) is 7.29. The van der Waals surface area contributed by atoms with E-state index in [1.54, 1.807) is 11.0 Å². The van der Waals surface area contributed by atoms with Crippen molar-refractivity contribution in [1.29, 1.82) is 0 Å². The maximum atomic E-state index is 11.7. The molecule has 0 rings (SSSR count). The third kappa shape index (κ3) is 5.50. The standard InChI is InChI=1S/C11H19NO4/c1-5-6-12(11(2,3)4)9(13)7-16-8-10(14)15/h5H,1,6-8H2,2-4H3,(H,14,15). The first-order valence-corrected chi connectivity index (χ1v) is 5.00. The van der Waals surface area contributed by atoms with Crippen molar-refractivity contribution < 1.29 is 19.4 Å². The molecule has 0 saturated heterocycles. The van der Waals surface area contributed by atoms with Crippen LogP contribution in [-0.4, -0.2) is 47.2 Å². The van der Waals surface area contributed by atoms with E-state index in [9.17, 15) is 9.59 Å². The molecule has 0 aromatic rings. The van der Waals surface area contributed by atoms with Crippen LogP contribution in [0.4, 0.5) is 0 Å². The smallest absolute Gasteiger partial charge is 0.329 e. The molecule has 0 atom stereocenters. The Morgan fingerprint density at radius 1 is 1.38 bits per heavy atom. The molecule has 0 aromatic carbocycles. The molecule has 0 saturated carbocycles. The van der Waals surface area contributed by atoms with Crippen LogP contribution in [-0.2, 0) is 14.3 Å². The molecule has 0 bridgehead atoms. The Labute approximate surface area is 95.7 Å². The van der Waals surface area contributed by atoms with Crippen LogP contribution < -0.4 is 0 Å². The summed E-state index contributed by atoms with van der Waals surface area (Å²) in [4.78, 5) is 23.5. The van der Waals surface area contributed by atoms with Crippen molar-refractivity contribution >= 4 is 11.9 Å². The number of carbonyl (C=O) groups is 2. The highest BCUT2D eigenvalue weighted by Crippen LogP contribution is 2.13. The van der Waals surface area contributed by atoms with Crippen LogP contribution >= 0.6 is 0 Å². The summed E-state index contributed by atoms with van der Waals surface area (Å²) >= 11 is 0. The van der Waals surface area contributed by atoms with Crippen molar-refractivity contribution in [2.75, 3.05) is 19.8 Å². The van der Waals surface area contributed by atoms with Gasteiger partial charge in [-0.2, -0.15) is 0 Å². The Hall–Kier alpha value is -1.36. The highest BCUT2D eigenvalue weighted by atomic mass is 16.5. The molecule has 0 fully saturated rings. The van der Waals surface area contributed by atoms with Crippen LogP contribution in [0.3, 0.4) is 0 Å². The van der Waals surface area contributed by atoms with Crippen molar-refractivity contribution in [3.63, 3.8) is 0 Å². The lowest BCUT2D eigenvalue weighted by Crippen LogP contribution is -2.47. The molecule has 1 amide bonds. The molecule has 0 aliphatic rings. The molecule has 0 heterocycles. The zero-order valence-electron chi connectivity index (χ0n) is 10.0. The van der Waals surface area contributed by atoms with E-state index >= 15 is 0 Å². The van der Waals surface area contributed by atoms with Gasteiger partial charge in [-0.3, -0.25) is 4.79 Å². The van der Waals surface area contributed by atoms with Crippen LogP contribution in [0, 0.1) is 0 Å². The minimum absolute atomic E-state index is 0.225. The predicted octanol–water partition coefficient (Wildman–Crippen LogP) is 0.901. The third-order valence-corrected chi connectivity index (χ3v) is 1.87. The number of carbonyl (C=O) groups excluding carboxylic acids is 1. The van der Waals surface area contributed by atoms with Gasteiger partial charge in [-0.15, -0.1) is 6.58 Å². The number of carboxylic acid groups (broad SMARTS) is 1. The van der Waals surface area contributed by atoms with Gasteiger partial charge in [0.15, 0.2) is 0 Å². The zero-order chi connectivity index (χ0) is 12.8. The lowest BCUT2D eigenvalue weighted by molar-refractivity contribution is -0.147. The second kappa shape index (κ2) is 6.27. The molecule has 16 heavy (non-hydrogen) atoms. The third-order valence-electron chi connectivity index (χ3n) is 1.87. The first kappa shape index (κ1) is 14.6. The zero-order valence-corrected chi connectivity index (χ0v) is 10.0. The maximum absolute atomic E-state index is 11.7. The lowest BCUT2D eigenvalue weighted by Gasteiger charge is -2.34. The van der Waals surface area contributed by atoms with Gasteiger partial charge in [0.25, 0.3) is 0 Å². The molecule has 0 spiro atoms. The summed E-state index contributed by atoms with van der Waals surface area (Å²) in [7, 11) is 0. The van der Waals surface area contributed by atoms with Gasteiger partial charge in [-0.05, 0) is 20.8 Å². The normalized spacial score (nSPS) is 10.9. The van der Waals surface area contributed by atoms with Crippen molar-refractivity contribution in [2.45, 2.75) is 26.3 Å². The molecule has 1 N–H and O–H groups in total. The number of carboxylic acids is 1. The van der Waals surface area contributed by atoms with Crippen LogP contribution in [0.1, 0.15) is 20.8 Å². The Kier molecular flexibility index (Phi) is 5.74. The molecule has 0 aliphatic heterocycles. The molecule has 5 heteroatoms. The van der Waals surface area contributed by atoms with E-state index in [-0.39, 0.29) is 18.1 Å². The number of ether oxygens (including phenoxy) is 1. The van der Waals surface area contributed by atoms with Crippen molar-refractivity contribution in [1.82, 2.24) is 4.90 Å². The molecule has 0 aromatic heterocycles. The fourth-order valence-corrected chi connectivity index (χ4v) is 1.18. The second-order valence-electron chi connectivity index (χ2n) is 4.35. The van der Waals surface area contributed by atoms with Crippen LogP contribution in [0.25, 0.3) is 0 Å². The van der Waals surface area contributed by atoms with Gasteiger partial charge in [-0.1, -0.05) is 6.08 Å². The summed E-state index contributed by atoms with van der Waals surface area (Å²) < 4.78 is 4.75. The second-order valence-corrected chi connectivity index (χ2v) is 4.35. The Morgan fingerprint density at radius 2 is 1.94 bits per heavy atom. The molecular formula is C11H19NO4. The highest BCUT2D eigenvalue weighted by Gasteiger charge is 2.25. The van der Waals surface area contributed by atoms with Crippen molar-refractivity contribution in [2.24, 2.45) is 0 Å². The topological polar surface area (TPSA) is 66.8 Å². The van der Waals surface area contributed by atoms with Crippen LogP contribution in [0.5, 0.6) is 0 Å². The summed E-state index contributed by atoms with van der Waals surface area (Å²) in [5.41, 5.74) is -0.335. The number of hydrogen-bond acceptors (Lipinski definition) is 3. The summed E-state index contributed by atoms with van der Waals surface area (Å²) in [6.07, 6.45) is 1.63. The maximum Gasteiger partial charge on any atom is 0.329 e. The van der Waals surface area contributed by atoms with Gasteiger partial charge in [-0.25, -0.2) is 4.79 Å². The van der Waals surface area contributed by atoms with Crippen LogP contribution in [0.15, 0.2) is 12.7 Å². The van der Waals surface area contributed by atoms with E-state index in [0.29, 0.717) is 6.54 Å². The van der Waals surface area contributed by atoms with Gasteiger partial charge < -0.3 is 14.7 Å². The molecule has 0 radical (unpaired) electrons. The average molecular weight is 229 g/mol. The van der Waals surface area contributed by atoms with E-state index < -0.39 is 12.6 Å². The first-order valence-electron chi connectivity index (χ1n) is 5.00. The Balaban J connectivity index is 4.29. The molecule has 92 valence electrons. The number of amides is 1. The minimum Gasteiger partial charge on any atom is -0.480 e. The van der Waals surface area contributed by atoms with Gasteiger partial charge in [0.2, 0.25) is 5.91 Å². The van der Waals surface area contributed by atoms with Gasteiger partial charge in [0.1, 0.15) is 13.2 Å². The molecule has 0 aliphatic carbocycles. The Morgan fingerprint density at radius 3 is 2.31 bits per heavy atom. The summed E-state index contributed by atoms with van der Waals surface area (Å²) in [6, 6.07) is 0. The largest absolute Gasteiger partial charge is 0.480 e. The van der Waals surface area contributed by atoms with Gasteiger partial charge in [0, 0.05) is 12.1 Å². The van der Waals surface area contributed by atoms with Crippen LogP contribution in [0.2, 0.25) is 0 Å². The summed E-state index contributed by atoms with van der Waals surface area (Å²) in [6.45, 7) is 8.99. The number of hydrogen-bond donors (Lipinski definition) is 1. The fraction of sp³-hybridized carbons (Fsp3) is 0.636. The van der Waals surface area contributed by atoms with E-state index in [0.717, 1.165) is 0 Å². The molecular weight excluding hydrogens is 210 g/mol. The summed E-state index contributed by atoms with van der Waals surface area (Å²) in [5, 5.41) is 8.36. The number of aliphatic carboxylic acids is 1. The number of rotatable bonds is 6. The lowest BCUT2D eigenvalue weighted by atomic mass is 10.1. The monoisotopic (exact) mass is 229 g/mol. The van der Waals surface area contributed by atoms with E-state index in [2.05, 4.69) is 6.58 Å². The summed E-state index contributed by atoms with van der Waals surface area (Å²) in [5.74, 6) is -1.33. The fourth-order valence-electron chi connectivity index (χ4n) is 1.18. The van der Waals surface area contributed by atoms with Gasteiger partial charge in [0.05, 0.1) is 0 Å². The Bertz CT molecular complexity index is 268. The SMILES string of the molecule is C=CCN(C(=O)COCC(=O)O)C(C)(C)C. The van der Waals surface area contributed by atoms with Crippen molar-refractivity contribution in [3.05, 3.63) is 12.7 Å².